The smallest absolute Gasteiger partial charge is 0.394 e. The van der Waals surface area contributed by atoms with E-state index in [4.69, 9.17) is 5.11 Å². The van der Waals surface area contributed by atoms with E-state index >= 15 is 0 Å². The van der Waals surface area contributed by atoms with Crippen LogP contribution in [0.4, 0.5) is 13.2 Å². The number of nitrogens with one attached hydrogen (secondary N) is 1. The molecule has 0 radical (unpaired) electrons. The zero-order valence-electron chi connectivity index (χ0n) is 8.30. The van der Waals surface area contributed by atoms with Gasteiger partial charge >= 0.3 is 6.18 Å². The van der Waals surface area contributed by atoms with E-state index in [1.807, 2.05) is 0 Å². The van der Waals surface area contributed by atoms with E-state index in [0.29, 0.717) is 6.42 Å². The molecule has 0 spiro atoms. The number of rotatable bonds is 6. The third-order valence-corrected chi connectivity index (χ3v) is 1.58. The normalized spacial score (nSPS) is 13.7. The Bertz CT molecular complexity index is 192. The number of alkyl halides is 3. The van der Waals surface area contributed by atoms with E-state index in [1.54, 1.807) is 6.92 Å². The fraction of sp³-hybridized carbons (Fsp3) is 0.875. The first kappa shape index (κ1) is 14.2. The molecule has 0 heterocycles. The first-order valence-corrected chi connectivity index (χ1v) is 4.43. The number of aliphatic hydroxyl groups is 1. The van der Waals surface area contributed by atoms with Gasteiger partial charge in [0.05, 0.1) is 12.6 Å². The molecule has 1 amide bonds. The van der Waals surface area contributed by atoms with Gasteiger partial charge in [-0.2, -0.15) is 13.2 Å². The van der Waals surface area contributed by atoms with Gasteiger partial charge in [0.25, 0.3) is 0 Å². The van der Waals surface area contributed by atoms with Crippen molar-refractivity contribution >= 4 is 5.91 Å². The van der Waals surface area contributed by atoms with E-state index in [2.05, 4.69) is 10.1 Å². The summed E-state index contributed by atoms with van der Waals surface area (Å²) in [6.07, 6.45) is -3.93. The van der Waals surface area contributed by atoms with Crippen molar-refractivity contribution in [3.05, 3.63) is 0 Å². The van der Waals surface area contributed by atoms with Crippen molar-refractivity contribution in [3.8, 4) is 0 Å². The molecule has 1 atom stereocenters. The van der Waals surface area contributed by atoms with Crippen LogP contribution in [0.25, 0.3) is 0 Å². The lowest BCUT2D eigenvalue weighted by molar-refractivity contribution is -0.175. The van der Waals surface area contributed by atoms with Gasteiger partial charge in [0.2, 0.25) is 5.91 Å². The minimum Gasteiger partial charge on any atom is -0.394 e. The Morgan fingerprint density at radius 3 is 2.53 bits per heavy atom. The zero-order chi connectivity index (χ0) is 11.9. The number of amides is 1. The standard InChI is InChI=1S/C8H14F3NO3/c1-2-6(3-13)12-7(14)4-15-5-8(9,10)11/h6,13H,2-5H2,1H3,(H,12,14)/t6-/m0/s1. The predicted molar refractivity (Wildman–Crippen MR) is 46.2 cm³/mol. The highest BCUT2D eigenvalue weighted by molar-refractivity contribution is 5.77. The minimum absolute atomic E-state index is 0.249. The Labute approximate surface area is 85.4 Å². The number of ether oxygens (including phenoxy) is 1. The molecule has 4 nitrogen and oxygen atoms in total. The lowest BCUT2D eigenvalue weighted by Gasteiger charge is -2.14. The van der Waals surface area contributed by atoms with E-state index in [-0.39, 0.29) is 6.61 Å². The first-order valence-electron chi connectivity index (χ1n) is 4.43. The van der Waals surface area contributed by atoms with Crippen molar-refractivity contribution in [3.63, 3.8) is 0 Å². The number of carbonyl (C=O) groups excluding carboxylic acids is 1. The van der Waals surface area contributed by atoms with Crippen molar-refractivity contribution < 1.29 is 27.8 Å². The molecule has 0 unspecified atom stereocenters. The number of hydrogen-bond acceptors (Lipinski definition) is 3. The first-order chi connectivity index (χ1) is 6.89. The van der Waals surface area contributed by atoms with Crippen molar-refractivity contribution in [2.45, 2.75) is 25.6 Å². The van der Waals surface area contributed by atoms with Crippen molar-refractivity contribution in [2.24, 2.45) is 0 Å². The van der Waals surface area contributed by atoms with E-state index in [0.717, 1.165) is 0 Å². The monoisotopic (exact) mass is 229 g/mol. The lowest BCUT2D eigenvalue weighted by atomic mass is 10.2. The third-order valence-electron chi connectivity index (χ3n) is 1.58. The number of hydrogen-bond donors (Lipinski definition) is 2. The maximum atomic E-state index is 11.6. The Kier molecular flexibility index (Phi) is 6.26. The topological polar surface area (TPSA) is 58.6 Å². The van der Waals surface area contributed by atoms with Gasteiger partial charge in [0.15, 0.2) is 0 Å². The second-order valence-electron chi connectivity index (χ2n) is 2.96. The Balaban J connectivity index is 3.66. The molecule has 0 aromatic rings. The van der Waals surface area contributed by atoms with Crippen LogP contribution < -0.4 is 5.32 Å². The Morgan fingerprint density at radius 2 is 2.13 bits per heavy atom. The Hall–Kier alpha value is -0.820. The van der Waals surface area contributed by atoms with Crippen LogP contribution in [0.3, 0.4) is 0 Å². The maximum Gasteiger partial charge on any atom is 0.411 e. The summed E-state index contributed by atoms with van der Waals surface area (Å²) in [4.78, 5) is 10.9. The highest BCUT2D eigenvalue weighted by Gasteiger charge is 2.27. The Morgan fingerprint density at radius 1 is 1.53 bits per heavy atom. The third kappa shape index (κ3) is 8.19. The van der Waals surface area contributed by atoms with Crippen molar-refractivity contribution in [1.82, 2.24) is 5.32 Å². The fourth-order valence-corrected chi connectivity index (χ4v) is 0.806. The van der Waals surface area contributed by atoms with Crippen molar-refractivity contribution in [2.75, 3.05) is 19.8 Å². The average Bonchev–Trinajstić information content (AvgIpc) is 2.12. The molecule has 7 heteroatoms. The summed E-state index contributed by atoms with van der Waals surface area (Å²) in [5, 5.41) is 11.0. The van der Waals surface area contributed by atoms with Gasteiger partial charge in [-0.1, -0.05) is 6.92 Å². The number of carbonyl (C=O) groups is 1. The lowest BCUT2D eigenvalue weighted by Crippen LogP contribution is -2.39. The highest BCUT2D eigenvalue weighted by atomic mass is 19.4. The molecular weight excluding hydrogens is 215 g/mol. The van der Waals surface area contributed by atoms with Crippen LogP contribution in [-0.2, 0) is 9.53 Å². The fourth-order valence-electron chi connectivity index (χ4n) is 0.806. The number of aliphatic hydroxyl groups excluding tert-OH is 1. The summed E-state index contributed by atoms with van der Waals surface area (Å²) in [6, 6.07) is -0.438. The van der Waals surface area contributed by atoms with E-state index in [9.17, 15) is 18.0 Å². The molecule has 0 aromatic heterocycles. The van der Waals surface area contributed by atoms with Crippen molar-refractivity contribution in [1.29, 1.82) is 0 Å². The summed E-state index contributed by atoms with van der Waals surface area (Å²) in [5.41, 5.74) is 0. The molecule has 0 aliphatic heterocycles. The van der Waals surface area contributed by atoms with Gasteiger partial charge in [-0.3, -0.25) is 4.79 Å². The summed E-state index contributed by atoms with van der Waals surface area (Å²) in [5.74, 6) is -0.667. The molecule has 0 saturated carbocycles. The second kappa shape index (κ2) is 6.62. The molecule has 0 aliphatic carbocycles. The molecular formula is C8H14F3NO3. The number of halogens is 3. The molecule has 0 fully saturated rings. The average molecular weight is 229 g/mol. The molecule has 0 bridgehead atoms. The molecule has 90 valence electrons. The van der Waals surface area contributed by atoms with Gasteiger partial charge in [0.1, 0.15) is 13.2 Å². The van der Waals surface area contributed by atoms with Crippen LogP contribution >= 0.6 is 0 Å². The van der Waals surface area contributed by atoms with Gasteiger partial charge < -0.3 is 15.2 Å². The minimum atomic E-state index is -4.43. The molecule has 0 aliphatic rings. The van der Waals surface area contributed by atoms with Crippen LogP contribution in [0.5, 0.6) is 0 Å². The summed E-state index contributed by atoms with van der Waals surface area (Å²) >= 11 is 0. The van der Waals surface area contributed by atoms with Crippen LogP contribution in [-0.4, -0.2) is 43.1 Å². The molecule has 0 aromatic carbocycles. The van der Waals surface area contributed by atoms with E-state index < -0.39 is 31.3 Å². The molecule has 2 N–H and O–H groups in total. The zero-order valence-corrected chi connectivity index (χ0v) is 8.30. The maximum absolute atomic E-state index is 11.6. The summed E-state index contributed by atoms with van der Waals surface area (Å²) in [7, 11) is 0. The van der Waals surface area contributed by atoms with Crippen LogP contribution in [0, 0.1) is 0 Å². The van der Waals surface area contributed by atoms with Gasteiger partial charge in [-0.05, 0) is 6.42 Å². The molecule has 0 saturated heterocycles. The molecule has 15 heavy (non-hydrogen) atoms. The van der Waals surface area contributed by atoms with E-state index in [1.165, 1.54) is 0 Å². The van der Waals surface area contributed by atoms with Gasteiger partial charge in [-0.15, -0.1) is 0 Å². The predicted octanol–water partition coefficient (Wildman–Crippen LogP) is 0.452. The van der Waals surface area contributed by atoms with Gasteiger partial charge in [-0.25, -0.2) is 0 Å². The summed E-state index contributed by atoms with van der Waals surface area (Å²) in [6.45, 7) is -0.619. The van der Waals surface area contributed by atoms with Crippen LogP contribution in [0.15, 0.2) is 0 Å². The molecule has 0 rings (SSSR count). The van der Waals surface area contributed by atoms with Crippen LogP contribution in [0.2, 0.25) is 0 Å². The second-order valence-corrected chi connectivity index (χ2v) is 2.96. The quantitative estimate of drug-likeness (QED) is 0.695. The summed E-state index contributed by atoms with van der Waals surface area (Å²) < 4.78 is 38.9. The SMILES string of the molecule is CC[C@@H](CO)NC(=O)COCC(F)(F)F. The largest absolute Gasteiger partial charge is 0.411 e. The highest BCUT2D eigenvalue weighted by Crippen LogP contribution is 2.13. The van der Waals surface area contributed by atoms with Crippen LogP contribution in [0.1, 0.15) is 13.3 Å². The van der Waals surface area contributed by atoms with Gasteiger partial charge in [0, 0.05) is 0 Å².